The molecule has 5 nitrogen and oxygen atoms in total. The average Bonchev–Trinajstić information content (AvgIpc) is 2.59. The van der Waals surface area contributed by atoms with E-state index in [1.165, 1.54) is 0 Å². The number of rotatable bonds is 11. The summed E-state index contributed by atoms with van der Waals surface area (Å²) in [4.78, 5) is 23.3. The first-order chi connectivity index (χ1) is 11.3. The van der Waals surface area contributed by atoms with Gasteiger partial charge in [0.1, 0.15) is 12.1 Å². The van der Waals surface area contributed by atoms with Crippen molar-refractivity contribution < 1.29 is 19.4 Å². The average molecular weight is 335 g/mol. The van der Waals surface area contributed by atoms with Crippen LogP contribution in [0.4, 0.5) is 5.69 Å². The van der Waals surface area contributed by atoms with E-state index in [9.17, 15) is 9.59 Å². The Morgan fingerprint density at radius 2 is 1.88 bits per heavy atom. The number of ether oxygens (including phenoxy) is 1. The van der Waals surface area contributed by atoms with Crippen LogP contribution >= 0.6 is 0 Å². The Morgan fingerprint density at radius 1 is 1.25 bits per heavy atom. The summed E-state index contributed by atoms with van der Waals surface area (Å²) < 4.78 is 5.93. The van der Waals surface area contributed by atoms with Gasteiger partial charge in [0.2, 0.25) is 0 Å². The van der Waals surface area contributed by atoms with Gasteiger partial charge in [-0.2, -0.15) is 0 Å². The van der Waals surface area contributed by atoms with Gasteiger partial charge in [-0.25, -0.2) is 0 Å². The van der Waals surface area contributed by atoms with Crippen molar-refractivity contribution in [1.29, 1.82) is 0 Å². The molecule has 0 fully saturated rings. The second-order valence-corrected chi connectivity index (χ2v) is 6.39. The summed E-state index contributed by atoms with van der Waals surface area (Å²) in [6, 6.07) is 6.84. The lowest BCUT2D eigenvalue weighted by Crippen LogP contribution is -2.38. The predicted octanol–water partition coefficient (Wildman–Crippen LogP) is 3.99. The normalized spacial score (nSPS) is 14.7. The molecule has 134 valence electrons. The van der Waals surface area contributed by atoms with Crippen molar-refractivity contribution in [3.05, 3.63) is 29.8 Å². The number of anilines is 1. The van der Waals surface area contributed by atoms with Crippen LogP contribution in [0.2, 0.25) is 0 Å². The molecule has 1 aromatic carbocycles. The number of hydrogen-bond donors (Lipinski definition) is 2. The SMILES string of the molecule is CCC(C)CCOC(C)(CC)C(=O)c1ccc(NCC(=O)O)cc1. The van der Waals surface area contributed by atoms with Gasteiger partial charge in [0.15, 0.2) is 5.78 Å². The Hall–Kier alpha value is -1.88. The largest absolute Gasteiger partial charge is 0.480 e. The van der Waals surface area contributed by atoms with Crippen LogP contribution < -0.4 is 5.32 Å². The third kappa shape index (κ3) is 5.96. The third-order valence-electron chi connectivity index (χ3n) is 4.47. The molecule has 2 unspecified atom stereocenters. The first-order valence-electron chi connectivity index (χ1n) is 8.56. The van der Waals surface area contributed by atoms with Gasteiger partial charge in [-0.15, -0.1) is 0 Å². The lowest BCUT2D eigenvalue weighted by molar-refractivity contribution is -0.134. The van der Waals surface area contributed by atoms with E-state index in [1.54, 1.807) is 24.3 Å². The maximum absolute atomic E-state index is 12.8. The predicted molar refractivity (Wildman–Crippen MR) is 95.6 cm³/mol. The zero-order valence-corrected chi connectivity index (χ0v) is 15.1. The Kier molecular flexibility index (Phi) is 7.92. The Balaban J connectivity index is 2.71. The summed E-state index contributed by atoms with van der Waals surface area (Å²) >= 11 is 0. The minimum atomic E-state index is -0.927. The molecule has 0 saturated heterocycles. The maximum atomic E-state index is 12.8. The molecular formula is C19H29NO4. The van der Waals surface area contributed by atoms with E-state index in [0.29, 0.717) is 30.2 Å². The summed E-state index contributed by atoms with van der Waals surface area (Å²) in [7, 11) is 0. The maximum Gasteiger partial charge on any atom is 0.322 e. The van der Waals surface area contributed by atoms with Crippen LogP contribution in [0.15, 0.2) is 24.3 Å². The Labute approximate surface area is 144 Å². The number of hydrogen-bond acceptors (Lipinski definition) is 4. The van der Waals surface area contributed by atoms with Gasteiger partial charge in [0, 0.05) is 17.9 Å². The van der Waals surface area contributed by atoms with Gasteiger partial charge in [-0.1, -0.05) is 27.2 Å². The summed E-state index contributed by atoms with van der Waals surface area (Å²) in [5.74, 6) is -0.386. The zero-order chi connectivity index (χ0) is 18.2. The molecule has 1 aromatic rings. The number of benzene rings is 1. The summed E-state index contributed by atoms with van der Waals surface area (Å²) in [5, 5.41) is 11.4. The molecule has 2 atom stereocenters. The minimum Gasteiger partial charge on any atom is -0.480 e. The van der Waals surface area contributed by atoms with Crippen molar-refractivity contribution in [2.75, 3.05) is 18.5 Å². The van der Waals surface area contributed by atoms with Crippen LogP contribution in [-0.2, 0) is 9.53 Å². The van der Waals surface area contributed by atoms with E-state index < -0.39 is 11.6 Å². The molecule has 0 saturated carbocycles. The summed E-state index contributed by atoms with van der Waals surface area (Å²) in [5.41, 5.74) is 0.414. The highest BCUT2D eigenvalue weighted by Crippen LogP contribution is 2.23. The number of carbonyl (C=O) groups excluding carboxylic acids is 1. The number of aliphatic carboxylic acids is 1. The van der Waals surface area contributed by atoms with Gasteiger partial charge in [-0.05, 0) is 49.9 Å². The number of carboxylic acid groups (broad SMARTS) is 1. The molecule has 0 aromatic heterocycles. The lowest BCUT2D eigenvalue weighted by atomic mass is 9.91. The number of nitrogens with one attached hydrogen (secondary N) is 1. The van der Waals surface area contributed by atoms with Crippen LogP contribution in [0, 0.1) is 5.92 Å². The van der Waals surface area contributed by atoms with E-state index in [4.69, 9.17) is 9.84 Å². The van der Waals surface area contributed by atoms with Gasteiger partial charge >= 0.3 is 5.97 Å². The second kappa shape index (κ2) is 9.42. The Bertz CT molecular complexity index is 541. The van der Waals surface area contributed by atoms with Crippen LogP contribution in [0.25, 0.3) is 0 Å². The topological polar surface area (TPSA) is 75.6 Å². The number of ketones is 1. The zero-order valence-electron chi connectivity index (χ0n) is 15.1. The Morgan fingerprint density at radius 3 is 2.38 bits per heavy atom. The number of Topliss-reactive ketones (excluding diaryl/α,β-unsaturated/α-hetero) is 1. The van der Waals surface area contributed by atoms with E-state index >= 15 is 0 Å². The van der Waals surface area contributed by atoms with E-state index in [1.807, 2.05) is 13.8 Å². The molecule has 5 heteroatoms. The first-order valence-corrected chi connectivity index (χ1v) is 8.56. The smallest absolute Gasteiger partial charge is 0.322 e. The fourth-order valence-electron chi connectivity index (χ4n) is 2.24. The quantitative estimate of drug-likeness (QED) is 0.598. The van der Waals surface area contributed by atoms with E-state index in [2.05, 4.69) is 19.2 Å². The summed E-state index contributed by atoms with van der Waals surface area (Å²) in [6.45, 7) is 8.53. The van der Waals surface area contributed by atoms with Crippen molar-refractivity contribution in [3.63, 3.8) is 0 Å². The molecule has 0 heterocycles. The molecule has 0 spiro atoms. The van der Waals surface area contributed by atoms with E-state index in [0.717, 1.165) is 12.8 Å². The first kappa shape index (κ1) is 20.2. The monoisotopic (exact) mass is 335 g/mol. The van der Waals surface area contributed by atoms with Crippen molar-refractivity contribution >= 4 is 17.4 Å². The van der Waals surface area contributed by atoms with Crippen LogP contribution in [0.1, 0.15) is 57.3 Å². The highest BCUT2D eigenvalue weighted by Gasteiger charge is 2.33. The molecule has 1 rings (SSSR count). The summed E-state index contributed by atoms with van der Waals surface area (Å²) in [6.07, 6.45) is 2.65. The molecule has 0 aliphatic heterocycles. The fraction of sp³-hybridized carbons (Fsp3) is 0.579. The van der Waals surface area contributed by atoms with Crippen LogP contribution in [0.3, 0.4) is 0 Å². The van der Waals surface area contributed by atoms with Crippen molar-refractivity contribution in [2.45, 2.75) is 52.6 Å². The lowest BCUT2D eigenvalue weighted by Gasteiger charge is -2.28. The van der Waals surface area contributed by atoms with Crippen LogP contribution in [0.5, 0.6) is 0 Å². The van der Waals surface area contributed by atoms with Gasteiger partial charge in [-0.3, -0.25) is 9.59 Å². The highest BCUT2D eigenvalue weighted by atomic mass is 16.5. The fourth-order valence-corrected chi connectivity index (χ4v) is 2.24. The molecule has 2 N–H and O–H groups in total. The molecule has 0 aliphatic carbocycles. The van der Waals surface area contributed by atoms with E-state index in [-0.39, 0.29) is 12.3 Å². The van der Waals surface area contributed by atoms with Crippen molar-refractivity contribution in [1.82, 2.24) is 0 Å². The number of carbonyl (C=O) groups is 2. The molecule has 0 aliphatic rings. The number of carboxylic acids is 1. The molecular weight excluding hydrogens is 306 g/mol. The minimum absolute atomic E-state index is 0.0427. The second-order valence-electron chi connectivity index (χ2n) is 6.39. The highest BCUT2D eigenvalue weighted by molar-refractivity contribution is 6.02. The standard InChI is InChI=1S/C19H29NO4/c1-5-14(3)11-12-24-19(4,6-2)18(23)15-7-9-16(10-8-15)20-13-17(21)22/h7-10,14,20H,5-6,11-13H2,1-4H3,(H,21,22). The molecule has 0 bridgehead atoms. The molecule has 0 amide bonds. The van der Waals surface area contributed by atoms with Gasteiger partial charge in [0.05, 0.1) is 0 Å². The third-order valence-corrected chi connectivity index (χ3v) is 4.47. The van der Waals surface area contributed by atoms with Crippen molar-refractivity contribution in [2.24, 2.45) is 5.92 Å². The van der Waals surface area contributed by atoms with Crippen molar-refractivity contribution in [3.8, 4) is 0 Å². The molecule has 0 radical (unpaired) electrons. The van der Waals surface area contributed by atoms with Gasteiger partial charge in [0.25, 0.3) is 0 Å². The van der Waals surface area contributed by atoms with Crippen LogP contribution in [-0.4, -0.2) is 35.6 Å². The van der Waals surface area contributed by atoms with Gasteiger partial charge < -0.3 is 15.2 Å². The molecule has 24 heavy (non-hydrogen) atoms.